The number of nitrogens with two attached hydrogens (primary N) is 1. The number of imidazole rings is 1. The maximum atomic E-state index is 14.5. The van der Waals surface area contributed by atoms with Gasteiger partial charge in [-0.25, -0.2) is 14.6 Å². The second-order valence-corrected chi connectivity index (χ2v) is 20.1. The van der Waals surface area contributed by atoms with Gasteiger partial charge in [-0.3, -0.25) is 14.2 Å². The molecule has 2 N–H and O–H groups in total. The lowest BCUT2D eigenvalue weighted by Crippen LogP contribution is -2.45. The smallest absolute Gasteiger partial charge is 0.338 e. The van der Waals surface area contributed by atoms with Crippen molar-refractivity contribution in [1.29, 1.82) is 0 Å². The Morgan fingerprint density at radius 1 is 0.653 bits per heavy atom. The Balaban J connectivity index is 1.14. The molecule has 2 aromatic heterocycles. The highest BCUT2D eigenvalue weighted by Crippen LogP contribution is 2.41. The summed E-state index contributed by atoms with van der Waals surface area (Å²) in [6.07, 6.45) is 35.8. The predicted octanol–water partition coefficient (Wildman–Crippen LogP) is 14.0. The Hall–Kier alpha value is -5.88. The van der Waals surface area contributed by atoms with E-state index in [4.69, 9.17) is 35.8 Å². The lowest BCUT2D eigenvalue weighted by molar-refractivity contribution is -0.146. The van der Waals surface area contributed by atoms with Gasteiger partial charge in [0, 0.05) is 30.4 Å². The van der Waals surface area contributed by atoms with Gasteiger partial charge in [0.2, 0.25) is 5.60 Å². The molecule has 1 aliphatic heterocycles. The summed E-state index contributed by atoms with van der Waals surface area (Å²) in [5.74, 6) is 0.0938. The minimum atomic E-state index is -1.88. The molecular formula is C60H84FN5O9. The Kier molecular flexibility index (Phi) is 27.1. The van der Waals surface area contributed by atoms with Crippen molar-refractivity contribution in [1.82, 2.24) is 19.5 Å². The molecule has 2 aromatic carbocycles. The summed E-state index contributed by atoms with van der Waals surface area (Å²) in [5.41, 5.74) is 5.30. The first-order chi connectivity index (χ1) is 36.6. The summed E-state index contributed by atoms with van der Waals surface area (Å²) in [6.45, 7) is 3.59. The fraction of sp³-hybridized carbons (Fsp3) is 0.617. The van der Waals surface area contributed by atoms with Crippen LogP contribution in [0.1, 0.15) is 238 Å². The molecule has 3 atom stereocenters. The number of nitrogen functional groups attached to an aromatic ring is 1. The predicted molar refractivity (Wildman–Crippen MR) is 289 cm³/mol. The quantitative estimate of drug-likeness (QED) is 0.0147. The van der Waals surface area contributed by atoms with E-state index >= 15 is 0 Å². The monoisotopic (exact) mass is 1040 g/mol. The van der Waals surface area contributed by atoms with Crippen molar-refractivity contribution >= 4 is 40.9 Å². The van der Waals surface area contributed by atoms with E-state index in [2.05, 4.69) is 34.7 Å². The SMILES string of the molecule is C#C[C@]1(COC(=O)c2ccccc2COC(=O)CCCCCCCCCCCCCCC)O[C@@H](n2cnc3c(N)nc(F)nc32)C[C@@H]1OC(=O)c1ccccc1COC(=O)CCCCCCCCCCCCCCC. The maximum Gasteiger partial charge on any atom is 0.338 e. The van der Waals surface area contributed by atoms with Gasteiger partial charge in [-0.15, -0.1) is 6.42 Å². The van der Waals surface area contributed by atoms with Gasteiger partial charge in [0.25, 0.3) is 0 Å². The van der Waals surface area contributed by atoms with Crippen molar-refractivity contribution in [3.8, 4) is 12.3 Å². The largest absolute Gasteiger partial charge is 0.461 e. The van der Waals surface area contributed by atoms with Crippen molar-refractivity contribution in [2.24, 2.45) is 0 Å². The highest BCUT2D eigenvalue weighted by molar-refractivity contribution is 5.92. The minimum absolute atomic E-state index is 0.00316. The maximum absolute atomic E-state index is 14.5. The van der Waals surface area contributed by atoms with E-state index in [0.717, 1.165) is 51.4 Å². The molecule has 0 amide bonds. The number of carbonyl (C=O) groups excluding carboxylic acids is 4. The summed E-state index contributed by atoms with van der Waals surface area (Å²) < 4.78 is 45.6. The van der Waals surface area contributed by atoms with Crippen LogP contribution < -0.4 is 5.73 Å². The number of halogens is 1. The van der Waals surface area contributed by atoms with Crippen molar-refractivity contribution in [2.45, 2.75) is 231 Å². The molecule has 0 radical (unpaired) electrons. The number of ether oxygens (including phenoxy) is 5. The molecule has 410 valence electrons. The van der Waals surface area contributed by atoms with Crippen LogP contribution in [0.15, 0.2) is 54.9 Å². The van der Waals surface area contributed by atoms with E-state index in [0.29, 0.717) is 11.1 Å². The topological polar surface area (TPSA) is 184 Å². The molecule has 0 bridgehead atoms. The molecule has 75 heavy (non-hydrogen) atoms. The van der Waals surface area contributed by atoms with E-state index in [1.807, 2.05) is 0 Å². The number of aromatic nitrogens is 4. The average Bonchev–Trinajstić information content (AvgIpc) is 4.01. The van der Waals surface area contributed by atoms with Crippen LogP contribution in [0.5, 0.6) is 0 Å². The third-order valence-electron chi connectivity index (χ3n) is 14.1. The number of fused-ring (bicyclic) bond motifs is 1. The number of unbranched alkanes of at least 4 members (excludes halogenated alkanes) is 24. The summed E-state index contributed by atoms with van der Waals surface area (Å²) in [5, 5.41) is 0. The van der Waals surface area contributed by atoms with Gasteiger partial charge in [-0.05, 0) is 25.0 Å². The molecule has 15 heteroatoms. The van der Waals surface area contributed by atoms with Gasteiger partial charge in [0.15, 0.2) is 23.1 Å². The van der Waals surface area contributed by atoms with Crippen LogP contribution in [0.25, 0.3) is 11.2 Å². The first-order valence-electron chi connectivity index (χ1n) is 28.2. The first kappa shape index (κ1) is 60.0. The molecule has 4 aromatic rings. The third-order valence-corrected chi connectivity index (χ3v) is 14.1. The van der Waals surface area contributed by atoms with Crippen LogP contribution in [-0.2, 0) is 46.5 Å². The fourth-order valence-electron chi connectivity index (χ4n) is 9.64. The molecule has 1 saturated heterocycles. The highest BCUT2D eigenvalue weighted by atomic mass is 19.1. The van der Waals surface area contributed by atoms with Crippen LogP contribution in [0, 0.1) is 18.4 Å². The number of terminal acetylenes is 1. The molecular weight excluding hydrogens is 954 g/mol. The molecule has 1 fully saturated rings. The molecule has 0 aliphatic carbocycles. The van der Waals surface area contributed by atoms with Crippen LogP contribution in [-0.4, -0.2) is 61.7 Å². The van der Waals surface area contributed by atoms with Crippen LogP contribution >= 0.6 is 0 Å². The first-order valence-corrected chi connectivity index (χ1v) is 28.2. The molecule has 3 heterocycles. The van der Waals surface area contributed by atoms with Crippen molar-refractivity contribution < 1.29 is 47.3 Å². The minimum Gasteiger partial charge on any atom is -0.461 e. The van der Waals surface area contributed by atoms with Gasteiger partial charge < -0.3 is 29.4 Å². The van der Waals surface area contributed by atoms with E-state index < -0.39 is 42.6 Å². The fourth-order valence-corrected chi connectivity index (χ4v) is 9.64. The number of esters is 4. The second-order valence-electron chi connectivity index (χ2n) is 20.1. The van der Waals surface area contributed by atoms with E-state index in [-0.39, 0.29) is 72.5 Å². The van der Waals surface area contributed by atoms with E-state index in [9.17, 15) is 23.6 Å². The number of rotatable bonds is 38. The zero-order valence-electron chi connectivity index (χ0n) is 45.0. The van der Waals surface area contributed by atoms with Gasteiger partial charge in [0.05, 0.1) is 17.5 Å². The van der Waals surface area contributed by atoms with Gasteiger partial charge in [0.1, 0.15) is 26.0 Å². The molecule has 0 unspecified atom stereocenters. The summed E-state index contributed by atoms with van der Waals surface area (Å²) >= 11 is 0. The summed E-state index contributed by atoms with van der Waals surface area (Å²) in [4.78, 5) is 65.3. The van der Waals surface area contributed by atoms with Gasteiger partial charge in [-0.2, -0.15) is 14.4 Å². The number of benzene rings is 2. The Bertz CT molecular complexity index is 2400. The standard InChI is InChI=1S/C60H84FN5O9/c1-4-7-9-11-13-15-17-19-21-23-25-27-29-39-52(67)71-42-46-35-31-33-37-48(46)57(69)73-44-60(6-3)50(41-51(75-60)66-45-63-54-55(62)64-59(61)65-56(54)66)74-58(70)49-38-34-32-36-47(49)43-72-53(68)40-30-28-26-24-22-20-18-16-14-12-10-8-5-2/h3,31-38,45,50-51H,4-5,7-30,39-44H2,1-2H3,(H2,62,64,65)/t50-,51+,60+/m0/s1. The molecule has 0 saturated carbocycles. The van der Waals surface area contributed by atoms with Crippen LogP contribution in [0.2, 0.25) is 0 Å². The van der Waals surface area contributed by atoms with Gasteiger partial charge >= 0.3 is 30.0 Å². The Morgan fingerprint density at radius 3 is 1.56 bits per heavy atom. The Morgan fingerprint density at radius 2 is 1.09 bits per heavy atom. The van der Waals surface area contributed by atoms with Crippen molar-refractivity contribution in [2.75, 3.05) is 12.3 Å². The lowest BCUT2D eigenvalue weighted by atomic mass is 9.98. The van der Waals surface area contributed by atoms with Crippen molar-refractivity contribution in [3.63, 3.8) is 0 Å². The third kappa shape index (κ3) is 20.3. The number of nitrogens with zero attached hydrogens (tertiary/aromatic N) is 4. The lowest BCUT2D eigenvalue weighted by Gasteiger charge is -2.29. The number of hydrogen-bond donors (Lipinski definition) is 1. The van der Waals surface area contributed by atoms with Crippen molar-refractivity contribution in [3.05, 3.63) is 83.2 Å². The zero-order chi connectivity index (χ0) is 53.5. The number of carbonyl (C=O) groups is 4. The van der Waals surface area contributed by atoms with E-state index in [1.54, 1.807) is 48.5 Å². The molecule has 5 rings (SSSR count). The summed E-state index contributed by atoms with van der Waals surface area (Å²) in [7, 11) is 0. The Labute approximate surface area is 445 Å². The second kappa shape index (κ2) is 33.9. The number of hydrogen-bond acceptors (Lipinski definition) is 13. The number of anilines is 1. The van der Waals surface area contributed by atoms with E-state index in [1.165, 1.54) is 126 Å². The van der Waals surface area contributed by atoms with Crippen LogP contribution in [0.3, 0.4) is 0 Å². The van der Waals surface area contributed by atoms with Crippen LogP contribution in [0.4, 0.5) is 10.2 Å². The normalized spacial score (nSPS) is 16.2. The highest BCUT2D eigenvalue weighted by Gasteiger charge is 2.53. The average molecular weight is 1040 g/mol. The molecule has 14 nitrogen and oxygen atoms in total. The zero-order valence-corrected chi connectivity index (χ0v) is 45.0. The summed E-state index contributed by atoms with van der Waals surface area (Å²) in [6, 6.07) is 13.2. The molecule has 0 spiro atoms. The molecule has 1 aliphatic rings. The van der Waals surface area contributed by atoms with Gasteiger partial charge in [-0.1, -0.05) is 210 Å².